The number of allylic oxidation sites excluding steroid dienone is 1. The molecule has 0 unspecified atom stereocenters. The van der Waals surface area contributed by atoms with Crippen LogP contribution in [0, 0.1) is 21.4 Å². The summed E-state index contributed by atoms with van der Waals surface area (Å²) in [7, 11) is -4.61. The van der Waals surface area contributed by atoms with Crippen LogP contribution in [0.1, 0.15) is 88.2 Å². The number of benzene rings is 4. The molecule has 4 N–H and O–H groups in total. The van der Waals surface area contributed by atoms with Gasteiger partial charge in [0.1, 0.15) is 22.8 Å². The number of sulfonamides is 1. The summed E-state index contributed by atoms with van der Waals surface area (Å²) in [6.45, 7) is 15.9. The Balaban J connectivity index is 1.03. The number of alkyl carbamates (subject to hydrolysis) is 1. The number of H-pyrrole nitrogens is 1. The van der Waals surface area contributed by atoms with E-state index >= 15 is 0 Å². The third-order valence-electron chi connectivity index (χ3n) is 13.4. The number of nitrogens with zero attached hydrogens (tertiary/aromatic N) is 3. The first-order valence-electron chi connectivity index (χ1n) is 24.3. The number of aromatic nitrogens is 1. The maximum absolute atomic E-state index is 14.2. The minimum absolute atomic E-state index is 0.0574. The highest BCUT2D eigenvalue weighted by Gasteiger charge is 2.31. The standard InChI is InChI=1S/C53H64ClN7O9S/c1-52(2,3)70-51(63)55-21-17-37-33-57-46-14-11-41(29-44(37)46)69-49-28-40(60-24-22-59(23-25-60)34-38-16-20-53(4,5)31-45(38)36-6-8-39(54)9-7-36)10-13-43(49)50(62)58-71(66,67)42-12-15-47(48(30-42)61(64)65)56-32-35-18-26-68-27-19-35/h6-15,28-30,33,35,56-57H,16-27,31-32,34H2,1-5H3,(H,55,63)(H,58,62). The van der Waals surface area contributed by atoms with E-state index in [9.17, 15) is 28.1 Å². The van der Waals surface area contributed by atoms with Crippen LogP contribution in [0.2, 0.25) is 5.02 Å². The molecule has 18 heteroatoms. The number of anilines is 2. The van der Waals surface area contributed by atoms with E-state index in [0.29, 0.717) is 51.6 Å². The Morgan fingerprint density at radius 3 is 2.44 bits per heavy atom. The van der Waals surface area contributed by atoms with Crippen molar-refractivity contribution in [2.45, 2.75) is 83.6 Å². The van der Waals surface area contributed by atoms with E-state index in [2.05, 4.69) is 56.1 Å². The lowest BCUT2D eigenvalue weighted by Crippen LogP contribution is -2.47. The van der Waals surface area contributed by atoms with Crippen LogP contribution in [0.15, 0.2) is 95.5 Å². The number of carbonyl (C=O) groups is 2. The number of hydrogen-bond acceptors (Lipinski definition) is 12. The minimum atomic E-state index is -4.61. The first-order valence-corrected chi connectivity index (χ1v) is 26.2. The van der Waals surface area contributed by atoms with Crippen LogP contribution in [-0.4, -0.2) is 99.9 Å². The van der Waals surface area contributed by atoms with Crippen LogP contribution in [0.5, 0.6) is 11.5 Å². The normalized spacial score (nSPS) is 17.0. The molecule has 1 aromatic heterocycles. The summed E-state index contributed by atoms with van der Waals surface area (Å²) in [5, 5.41) is 19.7. The van der Waals surface area contributed by atoms with Crippen molar-refractivity contribution in [2.24, 2.45) is 11.3 Å². The molecule has 16 nitrogen and oxygen atoms in total. The Bertz CT molecular complexity index is 2900. The van der Waals surface area contributed by atoms with Crippen LogP contribution < -0.4 is 25.0 Å². The SMILES string of the molecule is CC1(C)CCC(CN2CCN(c3ccc(C(=O)NS(=O)(=O)c4ccc(NCC5CCOCC5)c([N+](=O)[O-])c4)c(Oc4ccc5[nH]cc(CCNC(=O)OC(C)(C)C)c5c4)c3)CC2)=C(c2ccc(Cl)cc2)C1. The molecule has 8 rings (SSSR count). The summed E-state index contributed by atoms with van der Waals surface area (Å²) in [5.74, 6) is -0.220. The molecular formula is C53H64ClN7O9S. The molecular weight excluding hydrogens is 946 g/mol. The quantitative estimate of drug-likeness (QED) is 0.0540. The Hall–Kier alpha value is -6.14. The number of halogens is 1. The lowest BCUT2D eigenvalue weighted by Gasteiger charge is -2.39. The highest BCUT2D eigenvalue weighted by Crippen LogP contribution is 2.44. The summed E-state index contributed by atoms with van der Waals surface area (Å²) in [4.78, 5) is 45.6. The summed E-state index contributed by atoms with van der Waals surface area (Å²) in [6.07, 6.45) is 6.59. The number of nitro benzene ring substituents is 1. The molecule has 3 heterocycles. The number of piperazine rings is 1. The van der Waals surface area contributed by atoms with Gasteiger partial charge in [-0.1, -0.05) is 43.2 Å². The zero-order chi connectivity index (χ0) is 50.5. The van der Waals surface area contributed by atoms with E-state index in [0.717, 1.165) is 85.0 Å². The van der Waals surface area contributed by atoms with Crippen LogP contribution >= 0.6 is 11.6 Å². The molecule has 71 heavy (non-hydrogen) atoms. The fourth-order valence-electron chi connectivity index (χ4n) is 9.47. The number of rotatable bonds is 16. The fraction of sp³-hybridized carbons (Fsp3) is 0.434. The Kier molecular flexibility index (Phi) is 15.6. The monoisotopic (exact) mass is 1010 g/mol. The van der Waals surface area contributed by atoms with Gasteiger partial charge in [-0.05, 0) is 142 Å². The fourth-order valence-corrected chi connectivity index (χ4v) is 10.6. The number of nitrogens with one attached hydrogen (secondary N) is 4. The minimum Gasteiger partial charge on any atom is -0.456 e. The van der Waals surface area contributed by atoms with Crippen molar-refractivity contribution in [2.75, 3.05) is 69.2 Å². The number of aromatic amines is 1. The lowest BCUT2D eigenvalue weighted by atomic mass is 9.72. The molecule has 2 saturated heterocycles. The Labute approximate surface area is 420 Å². The zero-order valence-electron chi connectivity index (χ0n) is 41.1. The van der Waals surface area contributed by atoms with E-state index in [1.165, 1.54) is 28.8 Å². The molecule has 0 spiro atoms. The maximum atomic E-state index is 14.2. The molecule has 2 amide bonds. The van der Waals surface area contributed by atoms with E-state index in [-0.39, 0.29) is 28.3 Å². The molecule has 2 aliphatic heterocycles. The summed E-state index contributed by atoms with van der Waals surface area (Å²) < 4.78 is 47.2. The van der Waals surface area contributed by atoms with E-state index in [4.69, 9.17) is 25.8 Å². The average Bonchev–Trinajstić information content (AvgIpc) is 3.73. The largest absolute Gasteiger partial charge is 0.456 e. The number of amides is 2. The van der Waals surface area contributed by atoms with Crippen molar-refractivity contribution in [1.29, 1.82) is 0 Å². The summed E-state index contributed by atoms with van der Waals surface area (Å²) in [5.41, 5.74) is 5.85. The van der Waals surface area contributed by atoms with Gasteiger partial charge in [0.2, 0.25) is 0 Å². The zero-order valence-corrected chi connectivity index (χ0v) is 42.6. The third kappa shape index (κ3) is 13.2. The predicted octanol–water partition coefficient (Wildman–Crippen LogP) is 10.3. The molecule has 0 radical (unpaired) electrons. The van der Waals surface area contributed by atoms with Crippen molar-refractivity contribution >= 4 is 67.2 Å². The van der Waals surface area contributed by atoms with Crippen molar-refractivity contribution in [1.82, 2.24) is 19.9 Å². The Morgan fingerprint density at radius 1 is 0.972 bits per heavy atom. The lowest BCUT2D eigenvalue weighted by molar-refractivity contribution is -0.384. The topological polar surface area (TPSA) is 197 Å². The third-order valence-corrected chi connectivity index (χ3v) is 15.0. The molecule has 1 aliphatic carbocycles. The van der Waals surface area contributed by atoms with Gasteiger partial charge in [-0.15, -0.1) is 0 Å². The maximum Gasteiger partial charge on any atom is 0.407 e. The highest BCUT2D eigenvalue weighted by molar-refractivity contribution is 7.90. The molecule has 0 atom stereocenters. The highest BCUT2D eigenvalue weighted by atomic mass is 35.5. The van der Waals surface area contributed by atoms with Crippen molar-refractivity contribution < 1.29 is 37.1 Å². The molecule has 2 fully saturated rings. The van der Waals surface area contributed by atoms with E-state index in [1.807, 2.05) is 30.5 Å². The second-order valence-corrected chi connectivity index (χ2v) is 22.6. The van der Waals surface area contributed by atoms with Gasteiger partial charge in [0, 0.05) is 99.0 Å². The summed E-state index contributed by atoms with van der Waals surface area (Å²) in [6, 6.07) is 22.2. The van der Waals surface area contributed by atoms with Gasteiger partial charge in [-0.25, -0.2) is 17.9 Å². The second kappa shape index (κ2) is 21.7. The Morgan fingerprint density at radius 2 is 1.72 bits per heavy atom. The van der Waals surface area contributed by atoms with Crippen LogP contribution in [0.25, 0.3) is 16.5 Å². The number of carbonyl (C=O) groups excluding carboxylic acids is 2. The molecule has 3 aliphatic rings. The second-order valence-electron chi connectivity index (χ2n) is 20.5. The van der Waals surface area contributed by atoms with Gasteiger partial charge in [0.15, 0.2) is 0 Å². The first-order chi connectivity index (χ1) is 33.8. The molecule has 0 saturated carbocycles. The average molecular weight is 1010 g/mol. The molecule has 378 valence electrons. The number of hydrogen-bond donors (Lipinski definition) is 4. The smallest absolute Gasteiger partial charge is 0.407 e. The number of ether oxygens (including phenoxy) is 3. The number of nitro groups is 1. The van der Waals surface area contributed by atoms with Gasteiger partial charge < -0.3 is 34.7 Å². The first kappa shape index (κ1) is 51.2. The predicted molar refractivity (Wildman–Crippen MR) is 277 cm³/mol. The van der Waals surface area contributed by atoms with Crippen LogP contribution in [0.4, 0.5) is 21.9 Å². The number of fused-ring (bicyclic) bond motifs is 1. The van der Waals surface area contributed by atoms with Crippen LogP contribution in [-0.2, 0) is 25.9 Å². The van der Waals surface area contributed by atoms with Gasteiger partial charge in [0.25, 0.3) is 21.6 Å². The van der Waals surface area contributed by atoms with Gasteiger partial charge >= 0.3 is 6.09 Å². The summed E-state index contributed by atoms with van der Waals surface area (Å²) >= 11 is 6.27. The van der Waals surface area contributed by atoms with Gasteiger partial charge in [0.05, 0.1) is 15.4 Å². The van der Waals surface area contributed by atoms with Gasteiger partial charge in [-0.3, -0.25) is 19.8 Å². The molecule has 0 bridgehead atoms. The van der Waals surface area contributed by atoms with Crippen molar-refractivity contribution in [3.8, 4) is 11.5 Å². The molecule has 5 aromatic rings. The van der Waals surface area contributed by atoms with E-state index in [1.54, 1.807) is 45.0 Å². The van der Waals surface area contributed by atoms with Crippen LogP contribution in [0.3, 0.4) is 0 Å². The van der Waals surface area contributed by atoms with Gasteiger partial charge in [-0.2, -0.15) is 0 Å². The molecule has 4 aromatic carbocycles. The van der Waals surface area contributed by atoms with Crippen molar-refractivity contribution in [3.05, 3.63) is 122 Å². The van der Waals surface area contributed by atoms with E-state index < -0.39 is 43.1 Å². The van der Waals surface area contributed by atoms with Crippen molar-refractivity contribution in [3.63, 3.8) is 0 Å².